The number of rotatable bonds is 3. The Morgan fingerprint density at radius 2 is 1.97 bits per heavy atom. The van der Waals surface area contributed by atoms with E-state index in [1.54, 1.807) is 46.1 Å². The molecule has 1 aliphatic heterocycles. The zero-order chi connectivity index (χ0) is 27.9. The fourth-order valence-corrected chi connectivity index (χ4v) is 3.72. The van der Waals surface area contributed by atoms with Crippen LogP contribution in [0.4, 0.5) is 10.6 Å². The van der Waals surface area contributed by atoms with Crippen LogP contribution in [0.15, 0.2) is 42.7 Å². The van der Waals surface area contributed by atoms with Crippen molar-refractivity contribution < 1.29 is 19.4 Å². The number of carbonyl (C=O) groups excluding carboxylic acids is 1. The van der Waals surface area contributed by atoms with Crippen LogP contribution in [0.3, 0.4) is 0 Å². The van der Waals surface area contributed by atoms with Crippen LogP contribution in [-0.2, 0) is 9.47 Å². The lowest BCUT2D eigenvalue weighted by molar-refractivity contribution is -0.0595. The maximum absolute atomic E-state index is 12.5. The Hall–Kier alpha value is -4.10. The molecule has 0 aliphatic carbocycles. The predicted molar refractivity (Wildman–Crippen MR) is 145 cm³/mol. The molecule has 1 saturated heterocycles. The number of hydrogen-bond donors (Lipinski definition) is 2. The van der Waals surface area contributed by atoms with Crippen LogP contribution in [-0.4, -0.2) is 67.5 Å². The number of hydrogen-bond acceptors (Lipinski definition) is 8. The lowest BCUT2D eigenvalue weighted by Gasteiger charge is -2.36. The third-order valence-electron chi connectivity index (χ3n) is 5.65. The standard InChI is InChI=1S/C26H30N6O4.C2H6/c1-17(23-16-31(11-12-35-23)25(34)36-26(2,3)4)32-15-18(14-28-32)9-10-19-13-21(29-30-24(19)27)20-7-5-6-8-22(20)33;1-2/h5-8,13-15,17,23,33H,11-12,16H2,1-4H3,(H2,27,30);1-2H3. The van der Waals surface area contributed by atoms with Gasteiger partial charge >= 0.3 is 6.09 Å². The number of amides is 1. The Balaban J connectivity index is 0.00000195. The van der Waals surface area contributed by atoms with Crippen LogP contribution in [0.2, 0.25) is 0 Å². The molecule has 1 aromatic carbocycles. The van der Waals surface area contributed by atoms with Gasteiger partial charge in [-0.1, -0.05) is 37.8 Å². The zero-order valence-electron chi connectivity index (χ0n) is 22.8. The van der Waals surface area contributed by atoms with Crippen molar-refractivity contribution in [2.75, 3.05) is 25.4 Å². The molecule has 4 rings (SSSR count). The third-order valence-corrected chi connectivity index (χ3v) is 5.65. The van der Waals surface area contributed by atoms with E-state index < -0.39 is 5.60 Å². The monoisotopic (exact) mass is 520 g/mol. The van der Waals surface area contributed by atoms with Gasteiger partial charge in [-0.15, -0.1) is 10.2 Å². The van der Waals surface area contributed by atoms with Crippen molar-refractivity contribution in [1.29, 1.82) is 0 Å². The number of ether oxygens (including phenoxy) is 2. The molecule has 1 amide bonds. The number of benzene rings is 1. The van der Waals surface area contributed by atoms with Gasteiger partial charge in [0.15, 0.2) is 5.82 Å². The number of anilines is 1. The van der Waals surface area contributed by atoms with Crippen molar-refractivity contribution >= 4 is 11.9 Å². The third kappa shape index (κ3) is 7.23. The summed E-state index contributed by atoms with van der Waals surface area (Å²) in [5.74, 6) is 6.37. The zero-order valence-corrected chi connectivity index (χ0v) is 22.8. The summed E-state index contributed by atoms with van der Waals surface area (Å²) >= 11 is 0. The molecule has 2 aromatic heterocycles. The topological polar surface area (TPSA) is 129 Å². The highest BCUT2D eigenvalue weighted by Gasteiger charge is 2.31. The van der Waals surface area contributed by atoms with Crippen molar-refractivity contribution in [2.45, 2.75) is 59.3 Å². The van der Waals surface area contributed by atoms with E-state index in [1.807, 2.05) is 47.7 Å². The molecule has 202 valence electrons. The molecule has 1 fully saturated rings. The van der Waals surface area contributed by atoms with Gasteiger partial charge in [0.1, 0.15) is 11.4 Å². The van der Waals surface area contributed by atoms with Gasteiger partial charge in [0.25, 0.3) is 0 Å². The molecule has 0 radical (unpaired) electrons. The van der Waals surface area contributed by atoms with Gasteiger partial charge in [-0.2, -0.15) is 5.10 Å². The molecule has 1 aliphatic rings. The Bertz CT molecular complexity index is 1300. The van der Waals surface area contributed by atoms with Crippen molar-refractivity contribution in [3.05, 3.63) is 53.9 Å². The fourth-order valence-electron chi connectivity index (χ4n) is 3.72. The quantitative estimate of drug-likeness (QED) is 0.491. The fraction of sp³-hybridized carbons (Fsp3) is 0.429. The maximum atomic E-state index is 12.5. The number of aromatic hydroxyl groups is 1. The van der Waals surface area contributed by atoms with E-state index in [4.69, 9.17) is 15.2 Å². The van der Waals surface area contributed by atoms with Crippen LogP contribution in [0, 0.1) is 11.8 Å². The highest BCUT2D eigenvalue weighted by molar-refractivity contribution is 5.69. The summed E-state index contributed by atoms with van der Waals surface area (Å²) in [5.41, 5.74) is 7.62. The summed E-state index contributed by atoms with van der Waals surface area (Å²) < 4.78 is 13.2. The van der Waals surface area contributed by atoms with Crippen molar-refractivity contribution in [2.24, 2.45) is 0 Å². The summed E-state index contributed by atoms with van der Waals surface area (Å²) in [4.78, 5) is 14.1. The minimum atomic E-state index is -0.554. The van der Waals surface area contributed by atoms with Crippen LogP contribution in [0.1, 0.15) is 58.7 Å². The van der Waals surface area contributed by atoms with E-state index in [1.165, 1.54) is 0 Å². The Kier molecular flexibility index (Phi) is 9.31. The lowest BCUT2D eigenvalue weighted by Crippen LogP contribution is -2.49. The largest absolute Gasteiger partial charge is 0.507 e. The number of nitrogens with zero attached hydrogens (tertiary/aromatic N) is 5. The number of nitrogen functional groups attached to an aromatic ring is 1. The van der Waals surface area contributed by atoms with Gasteiger partial charge in [0.2, 0.25) is 0 Å². The molecule has 38 heavy (non-hydrogen) atoms. The number of carbonyl (C=O) groups is 1. The Morgan fingerprint density at radius 1 is 1.24 bits per heavy atom. The number of phenolic OH excluding ortho intramolecular Hbond substituents is 1. The summed E-state index contributed by atoms with van der Waals surface area (Å²) in [7, 11) is 0. The first-order valence-electron chi connectivity index (χ1n) is 12.7. The molecule has 0 saturated carbocycles. The number of phenols is 1. The van der Waals surface area contributed by atoms with Gasteiger partial charge in [0.05, 0.1) is 48.3 Å². The number of nitrogens with two attached hydrogens (primary N) is 1. The van der Waals surface area contributed by atoms with E-state index in [9.17, 15) is 9.90 Å². The van der Waals surface area contributed by atoms with E-state index in [0.717, 1.165) is 0 Å². The summed E-state index contributed by atoms with van der Waals surface area (Å²) in [6, 6.07) is 8.42. The predicted octanol–water partition coefficient (Wildman–Crippen LogP) is 4.25. The number of morpholine rings is 1. The molecular formula is C28H36N6O4. The van der Waals surface area contributed by atoms with E-state index in [2.05, 4.69) is 27.1 Å². The SMILES string of the molecule is CC.CC(C1CN(C(=O)OC(C)(C)C)CCO1)n1cc(C#Cc2cc(-c3ccccc3O)nnc2N)cn1. The summed E-state index contributed by atoms with van der Waals surface area (Å²) in [5, 5.41) is 22.6. The smallest absolute Gasteiger partial charge is 0.410 e. The van der Waals surface area contributed by atoms with Crippen molar-refractivity contribution in [1.82, 2.24) is 24.9 Å². The van der Waals surface area contributed by atoms with Crippen molar-refractivity contribution in [3.8, 4) is 28.8 Å². The molecular weight excluding hydrogens is 484 g/mol. The second-order valence-corrected chi connectivity index (χ2v) is 9.58. The minimum Gasteiger partial charge on any atom is -0.507 e. The van der Waals surface area contributed by atoms with E-state index in [-0.39, 0.29) is 29.8 Å². The van der Waals surface area contributed by atoms with Gasteiger partial charge < -0.3 is 25.2 Å². The molecule has 10 nitrogen and oxygen atoms in total. The minimum absolute atomic E-state index is 0.0981. The maximum Gasteiger partial charge on any atom is 0.410 e. The highest BCUT2D eigenvalue weighted by atomic mass is 16.6. The molecule has 2 atom stereocenters. The van der Waals surface area contributed by atoms with E-state index >= 15 is 0 Å². The average Bonchev–Trinajstić information content (AvgIpc) is 3.37. The summed E-state index contributed by atoms with van der Waals surface area (Å²) in [6.07, 6.45) is 2.89. The lowest BCUT2D eigenvalue weighted by atomic mass is 10.1. The first kappa shape index (κ1) is 28.5. The molecule has 2 unspecified atom stereocenters. The molecule has 10 heteroatoms. The van der Waals surface area contributed by atoms with Gasteiger partial charge in [-0.25, -0.2) is 4.79 Å². The summed E-state index contributed by atoms with van der Waals surface area (Å²) in [6.45, 7) is 12.8. The molecule has 3 N–H and O–H groups in total. The Morgan fingerprint density at radius 3 is 2.68 bits per heavy atom. The molecule has 0 bridgehead atoms. The van der Waals surface area contributed by atoms with Gasteiger partial charge in [-0.3, -0.25) is 4.68 Å². The van der Waals surface area contributed by atoms with E-state index in [0.29, 0.717) is 42.1 Å². The highest BCUT2D eigenvalue weighted by Crippen LogP contribution is 2.28. The molecule has 3 heterocycles. The first-order valence-corrected chi connectivity index (χ1v) is 12.7. The molecule has 0 spiro atoms. The van der Waals surface area contributed by atoms with Crippen LogP contribution in [0.5, 0.6) is 5.75 Å². The normalized spacial score (nSPS) is 15.9. The average molecular weight is 521 g/mol. The van der Waals surface area contributed by atoms with Gasteiger partial charge in [0, 0.05) is 18.3 Å². The Labute approximate surface area is 223 Å². The second-order valence-electron chi connectivity index (χ2n) is 9.58. The second kappa shape index (κ2) is 12.4. The van der Waals surface area contributed by atoms with Crippen LogP contribution in [0.25, 0.3) is 11.3 Å². The molecule has 3 aromatic rings. The van der Waals surface area contributed by atoms with Crippen LogP contribution >= 0.6 is 0 Å². The van der Waals surface area contributed by atoms with Gasteiger partial charge in [-0.05, 0) is 45.9 Å². The first-order chi connectivity index (χ1) is 18.1. The number of para-hydroxylation sites is 1. The number of aromatic nitrogens is 4. The van der Waals surface area contributed by atoms with Crippen LogP contribution < -0.4 is 5.73 Å². The van der Waals surface area contributed by atoms with Crippen molar-refractivity contribution in [3.63, 3.8) is 0 Å².